The summed E-state index contributed by atoms with van der Waals surface area (Å²) in [4.78, 5) is -0.0736. The highest BCUT2D eigenvalue weighted by Gasteiger charge is 2.22. The van der Waals surface area contributed by atoms with Gasteiger partial charge in [-0.25, -0.2) is 13.1 Å². The van der Waals surface area contributed by atoms with Crippen molar-refractivity contribution in [3.63, 3.8) is 0 Å². The highest BCUT2D eigenvalue weighted by molar-refractivity contribution is 7.89. The normalized spacial score (nSPS) is 13.4. The van der Waals surface area contributed by atoms with Crippen LogP contribution in [-0.4, -0.2) is 27.7 Å². The largest absolute Gasteiger partial charge is 0.380 e. The molecule has 8 heteroatoms. The summed E-state index contributed by atoms with van der Waals surface area (Å²) in [5.74, 6) is 0. The number of sulfonamides is 1. The van der Waals surface area contributed by atoms with Gasteiger partial charge < -0.3 is 10.5 Å². The molecular formula is C12H18Cl2N2O3S. The smallest absolute Gasteiger partial charge is 0.242 e. The number of hydrogen-bond donors (Lipinski definition) is 2. The second-order valence-electron chi connectivity index (χ2n) is 4.26. The lowest BCUT2D eigenvalue weighted by Crippen LogP contribution is -2.36. The number of nitrogens with two attached hydrogens (primary N) is 1. The Morgan fingerprint density at radius 2 is 2.05 bits per heavy atom. The van der Waals surface area contributed by atoms with Crippen LogP contribution in [0.1, 0.15) is 19.4 Å². The number of nitrogens with one attached hydrogen (secondary N) is 1. The molecule has 0 aliphatic rings. The Morgan fingerprint density at radius 3 is 2.60 bits per heavy atom. The van der Waals surface area contributed by atoms with Crippen LogP contribution >= 0.6 is 23.2 Å². The summed E-state index contributed by atoms with van der Waals surface area (Å²) in [7, 11) is -3.78. The van der Waals surface area contributed by atoms with Gasteiger partial charge in [-0.2, -0.15) is 0 Å². The Balaban J connectivity index is 3.06. The van der Waals surface area contributed by atoms with Crippen LogP contribution in [0.2, 0.25) is 10.0 Å². The molecule has 1 aromatic rings. The van der Waals surface area contributed by atoms with Gasteiger partial charge in [-0.15, -0.1) is 0 Å². The molecule has 0 radical (unpaired) electrons. The molecule has 0 aromatic heterocycles. The van der Waals surface area contributed by atoms with E-state index in [0.29, 0.717) is 12.2 Å². The summed E-state index contributed by atoms with van der Waals surface area (Å²) < 4.78 is 32.3. The van der Waals surface area contributed by atoms with Crippen LogP contribution in [0.5, 0.6) is 0 Å². The summed E-state index contributed by atoms with van der Waals surface area (Å²) in [6, 6.07) is 2.47. The van der Waals surface area contributed by atoms with E-state index in [1.54, 1.807) is 13.0 Å². The lowest BCUT2D eigenvalue weighted by molar-refractivity contribution is 0.133. The first-order chi connectivity index (χ1) is 9.31. The maximum atomic E-state index is 12.3. The maximum absolute atomic E-state index is 12.3. The molecule has 0 aliphatic heterocycles. The van der Waals surface area contributed by atoms with Crippen LogP contribution in [0, 0.1) is 0 Å². The molecule has 0 heterocycles. The van der Waals surface area contributed by atoms with Crippen LogP contribution in [0.3, 0.4) is 0 Å². The number of halogens is 2. The van der Waals surface area contributed by atoms with E-state index < -0.39 is 10.0 Å². The van der Waals surface area contributed by atoms with E-state index in [9.17, 15) is 8.42 Å². The fraction of sp³-hybridized carbons (Fsp3) is 0.500. The summed E-state index contributed by atoms with van der Waals surface area (Å²) >= 11 is 12.0. The molecule has 20 heavy (non-hydrogen) atoms. The SMILES string of the molecule is CCOCC(C)NS(=O)(=O)c1cc(Cl)cc(CN)c1Cl. The molecule has 0 saturated heterocycles. The van der Waals surface area contributed by atoms with Crippen LogP contribution in [0.4, 0.5) is 0 Å². The predicted octanol–water partition coefficient (Wildman–Crippen LogP) is 2.16. The Bertz CT molecular complexity index is 564. The Kier molecular flexibility index (Phi) is 6.71. The number of benzene rings is 1. The molecule has 0 saturated carbocycles. The van der Waals surface area contributed by atoms with E-state index in [1.165, 1.54) is 6.07 Å². The van der Waals surface area contributed by atoms with Gasteiger partial charge in [-0.05, 0) is 31.5 Å². The molecule has 0 spiro atoms. The first-order valence-corrected chi connectivity index (χ1v) is 8.33. The van der Waals surface area contributed by atoms with Crippen molar-refractivity contribution in [2.75, 3.05) is 13.2 Å². The first-order valence-electron chi connectivity index (χ1n) is 6.09. The second-order valence-corrected chi connectivity index (χ2v) is 6.76. The van der Waals surface area contributed by atoms with Crippen molar-refractivity contribution < 1.29 is 13.2 Å². The van der Waals surface area contributed by atoms with Gasteiger partial charge in [0.05, 0.1) is 11.6 Å². The van der Waals surface area contributed by atoms with E-state index in [2.05, 4.69) is 4.72 Å². The number of hydrogen-bond acceptors (Lipinski definition) is 4. The van der Waals surface area contributed by atoms with Crippen molar-refractivity contribution in [2.45, 2.75) is 31.3 Å². The molecule has 114 valence electrons. The summed E-state index contributed by atoms with van der Waals surface area (Å²) in [5.41, 5.74) is 6.00. The molecule has 1 atom stereocenters. The van der Waals surface area contributed by atoms with Crippen LogP contribution in [0.25, 0.3) is 0 Å². The fourth-order valence-corrected chi connectivity index (χ4v) is 3.79. The van der Waals surface area contributed by atoms with Gasteiger partial charge in [0.15, 0.2) is 0 Å². The second kappa shape index (κ2) is 7.59. The van der Waals surface area contributed by atoms with Gasteiger partial charge in [0.1, 0.15) is 4.90 Å². The average molecular weight is 341 g/mol. The molecule has 0 bridgehead atoms. The Morgan fingerprint density at radius 1 is 1.40 bits per heavy atom. The number of ether oxygens (including phenoxy) is 1. The van der Waals surface area contributed by atoms with Crippen molar-refractivity contribution in [3.8, 4) is 0 Å². The maximum Gasteiger partial charge on any atom is 0.242 e. The minimum absolute atomic E-state index is 0.0736. The van der Waals surface area contributed by atoms with Crippen molar-refractivity contribution in [1.29, 1.82) is 0 Å². The van der Waals surface area contributed by atoms with E-state index in [-0.39, 0.29) is 34.1 Å². The molecule has 5 nitrogen and oxygen atoms in total. The minimum atomic E-state index is -3.78. The summed E-state index contributed by atoms with van der Waals surface area (Å²) in [5, 5.41) is 0.362. The molecule has 1 aromatic carbocycles. The quantitative estimate of drug-likeness (QED) is 0.796. The molecule has 1 rings (SSSR count). The summed E-state index contributed by atoms with van der Waals surface area (Å²) in [6.07, 6.45) is 0. The molecule has 0 aliphatic carbocycles. The van der Waals surface area contributed by atoms with Gasteiger partial charge >= 0.3 is 0 Å². The van der Waals surface area contributed by atoms with Gasteiger partial charge in [-0.3, -0.25) is 0 Å². The van der Waals surface area contributed by atoms with Crippen LogP contribution in [-0.2, 0) is 21.3 Å². The molecule has 0 amide bonds. The van der Waals surface area contributed by atoms with Crippen LogP contribution < -0.4 is 10.5 Å². The minimum Gasteiger partial charge on any atom is -0.380 e. The van der Waals surface area contributed by atoms with E-state index in [4.69, 9.17) is 33.7 Å². The standard InChI is InChI=1S/C12H18Cl2N2O3S/c1-3-19-7-8(2)16-20(17,18)11-5-10(13)4-9(6-15)12(11)14/h4-5,8,16H,3,6-7,15H2,1-2H3. The molecule has 0 fully saturated rings. The van der Waals surface area contributed by atoms with Gasteiger partial charge in [0, 0.05) is 24.2 Å². The fourth-order valence-electron chi connectivity index (χ4n) is 1.62. The highest BCUT2D eigenvalue weighted by atomic mass is 35.5. The average Bonchev–Trinajstić information content (AvgIpc) is 2.37. The van der Waals surface area contributed by atoms with E-state index in [1.807, 2.05) is 6.92 Å². The third-order valence-corrected chi connectivity index (χ3v) is 4.91. The van der Waals surface area contributed by atoms with Crippen LogP contribution in [0.15, 0.2) is 17.0 Å². The van der Waals surface area contributed by atoms with Gasteiger partial charge in [0.25, 0.3) is 0 Å². The zero-order chi connectivity index (χ0) is 15.3. The molecular weight excluding hydrogens is 323 g/mol. The zero-order valence-corrected chi connectivity index (χ0v) is 13.6. The predicted molar refractivity (Wildman–Crippen MR) is 80.6 cm³/mol. The monoisotopic (exact) mass is 340 g/mol. The summed E-state index contributed by atoms with van der Waals surface area (Å²) in [6.45, 7) is 4.44. The Labute approximate surface area is 129 Å². The number of rotatable bonds is 7. The van der Waals surface area contributed by atoms with Gasteiger partial charge in [-0.1, -0.05) is 23.2 Å². The first kappa shape index (κ1) is 17.7. The lowest BCUT2D eigenvalue weighted by Gasteiger charge is -2.16. The van der Waals surface area contributed by atoms with Gasteiger partial charge in [0.2, 0.25) is 10.0 Å². The topological polar surface area (TPSA) is 81.4 Å². The highest BCUT2D eigenvalue weighted by Crippen LogP contribution is 2.29. The van der Waals surface area contributed by atoms with E-state index in [0.717, 1.165) is 0 Å². The molecule has 1 unspecified atom stereocenters. The third-order valence-electron chi connectivity index (χ3n) is 2.52. The third kappa shape index (κ3) is 4.58. The van der Waals surface area contributed by atoms with Crippen molar-refractivity contribution in [1.82, 2.24) is 4.72 Å². The van der Waals surface area contributed by atoms with E-state index >= 15 is 0 Å². The lowest BCUT2D eigenvalue weighted by atomic mass is 10.2. The van der Waals surface area contributed by atoms with Crippen molar-refractivity contribution in [3.05, 3.63) is 27.7 Å². The Hall–Kier alpha value is -0.370. The van der Waals surface area contributed by atoms with Crippen molar-refractivity contribution in [2.24, 2.45) is 5.73 Å². The molecule has 3 N–H and O–H groups in total. The van der Waals surface area contributed by atoms with Crippen molar-refractivity contribution >= 4 is 33.2 Å². The zero-order valence-electron chi connectivity index (χ0n) is 11.3.